The highest BCUT2D eigenvalue weighted by atomic mass is 19.4. The molecule has 1 N–H and O–H groups in total. The Morgan fingerprint density at radius 3 is 2.09 bits per heavy atom. The summed E-state index contributed by atoms with van der Waals surface area (Å²) in [7, 11) is 1.66. The van der Waals surface area contributed by atoms with E-state index in [2.05, 4.69) is 5.32 Å². The highest BCUT2D eigenvalue weighted by Crippen LogP contribution is 2.33. The maximum absolute atomic E-state index is 14.2. The molecule has 3 aromatic carbocycles. The minimum absolute atomic E-state index is 0.0476. The minimum atomic E-state index is -4.41. The van der Waals surface area contributed by atoms with Crippen molar-refractivity contribution in [2.24, 2.45) is 5.92 Å². The van der Waals surface area contributed by atoms with Crippen LogP contribution in [0.5, 0.6) is 5.75 Å². The molecule has 0 saturated heterocycles. The largest absolute Gasteiger partial charge is 0.487 e. The Morgan fingerprint density at radius 2 is 1.62 bits per heavy atom. The number of benzene rings is 3. The first-order valence-electron chi connectivity index (χ1n) is 10.7. The summed E-state index contributed by atoms with van der Waals surface area (Å²) < 4.78 is 57.8. The van der Waals surface area contributed by atoms with Crippen LogP contribution in [0.25, 0.3) is 10.8 Å². The molecule has 0 fully saturated rings. The first-order chi connectivity index (χ1) is 16.0. The molecular formula is C26H27F4NO3. The van der Waals surface area contributed by atoms with Gasteiger partial charge in [-0.05, 0) is 37.1 Å². The highest BCUT2D eigenvalue weighted by molar-refractivity contribution is 6.04. The third-order valence-electron chi connectivity index (χ3n) is 5.29. The standard InChI is InChI=1S/C20H14F4O2.C6H13NO/c1-12(25)17-10-18(21)15-4-2-3-5-16(15)19(17)26-11-13-6-8-14(9-7-13)20(22,23)24;1-4-5(2)6(8)7-3/h2-10H,11H2,1H3;5H,4H2,1-3H3,(H,7,8). The number of carbonyl (C=O) groups is 2. The van der Waals surface area contributed by atoms with E-state index < -0.39 is 17.6 Å². The molecule has 1 amide bonds. The van der Waals surface area contributed by atoms with Crippen LogP contribution in [0.4, 0.5) is 17.6 Å². The maximum atomic E-state index is 14.2. The first-order valence-corrected chi connectivity index (χ1v) is 10.7. The van der Waals surface area contributed by atoms with E-state index in [1.807, 2.05) is 13.8 Å². The van der Waals surface area contributed by atoms with Gasteiger partial charge in [0.2, 0.25) is 5.91 Å². The lowest BCUT2D eigenvalue weighted by molar-refractivity contribution is -0.137. The van der Waals surface area contributed by atoms with Gasteiger partial charge in [-0.15, -0.1) is 0 Å². The van der Waals surface area contributed by atoms with Crippen molar-refractivity contribution in [1.82, 2.24) is 5.32 Å². The van der Waals surface area contributed by atoms with Crippen LogP contribution in [0.3, 0.4) is 0 Å². The lowest BCUT2D eigenvalue weighted by Crippen LogP contribution is -2.24. The number of hydrogen-bond donors (Lipinski definition) is 1. The Labute approximate surface area is 195 Å². The fourth-order valence-electron chi connectivity index (χ4n) is 3.10. The van der Waals surface area contributed by atoms with E-state index in [4.69, 9.17) is 4.74 Å². The number of carbonyl (C=O) groups excluding carboxylic acids is 2. The van der Waals surface area contributed by atoms with Gasteiger partial charge in [0.05, 0.1) is 11.1 Å². The predicted molar refractivity (Wildman–Crippen MR) is 123 cm³/mol. The molecule has 0 radical (unpaired) electrons. The molecule has 8 heteroatoms. The molecule has 34 heavy (non-hydrogen) atoms. The van der Waals surface area contributed by atoms with Gasteiger partial charge in [-0.2, -0.15) is 13.2 Å². The summed E-state index contributed by atoms with van der Waals surface area (Å²) in [6.07, 6.45) is -3.49. The molecule has 3 aromatic rings. The first kappa shape index (κ1) is 26.8. The number of ether oxygens (including phenoxy) is 1. The zero-order valence-corrected chi connectivity index (χ0v) is 19.4. The smallest absolute Gasteiger partial charge is 0.416 e. The minimum Gasteiger partial charge on any atom is -0.487 e. The third kappa shape index (κ3) is 6.79. The molecule has 0 aliphatic carbocycles. The van der Waals surface area contributed by atoms with Crippen molar-refractivity contribution in [2.45, 2.75) is 40.0 Å². The van der Waals surface area contributed by atoms with Crippen LogP contribution >= 0.6 is 0 Å². The molecule has 182 valence electrons. The van der Waals surface area contributed by atoms with E-state index in [9.17, 15) is 27.2 Å². The second-order valence-corrected chi connectivity index (χ2v) is 7.74. The summed E-state index contributed by atoms with van der Waals surface area (Å²) in [5, 5.41) is 3.32. The van der Waals surface area contributed by atoms with Gasteiger partial charge in [-0.25, -0.2) is 4.39 Å². The zero-order chi connectivity index (χ0) is 25.5. The SMILES string of the molecule is CC(=O)c1cc(F)c2ccccc2c1OCc1ccc(C(F)(F)F)cc1.CCC(C)C(=O)NC. The molecule has 1 atom stereocenters. The molecule has 0 aliphatic heterocycles. The van der Waals surface area contributed by atoms with Crippen LogP contribution in [-0.2, 0) is 17.6 Å². The van der Waals surface area contributed by atoms with Crippen LogP contribution in [0.15, 0.2) is 54.6 Å². The Bertz CT molecular complexity index is 1140. The van der Waals surface area contributed by atoms with Crippen molar-refractivity contribution in [2.75, 3.05) is 7.05 Å². The van der Waals surface area contributed by atoms with Gasteiger partial charge >= 0.3 is 6.18 Å². The van der Waals surface area contributed by atoms with Crippen molar-refractivity contribution in [3.05, 3.63) is 77.1 Å². The lowest BCUT2D eigenvalue weighted by Gasteiger charge is -2.14. The Balaban J connectivity index is 0.000000440. The van der Waals surface area contributed by atoms with E-state index in [1.165, 1.54) is 19.1 Å². The highest BCUT2D eigenvalue weighted by Gasteiger charge is 2.30. The molecule has 0 saturated carbocycles. The molecule has 3 rings (SSSR count). The monoisotopic (exact) mass is 477 g/mol. The molecule has 0 aliphatic rings. The fraction of sp³-hybridized carbons (Fsp3) is 0.308. The molecule has 0 spiro atoms. The van der Waals surface area contributed by atoms with Crippen molar-refractivity contribution >= 4 is 22.5 Å². The third-order valence-corrected chi connectivity index (χ3v) is 5.29. The van der Waals surface area contributed by atoms with Gasteiger partial charge in [-0.1, -0.05) is 50.2 Å². The van der Waals surface area contributed by atoms with E-state index in [0.29, 0.717) is 16.3 Å². The summed E-state index contributed by atoms with van der Waals surface area (Å²) in [5.41, 5.74) is -0.160. The van der Waals surface area contributed by atoms with E-state index in [1.54, 1.807) is 31.3 Å². The van der Waals surface area contributed by atoms with Crippen LogP contribution in [-0.4, -0.2) is 18.7 Å². The van der Waals surface area contributed by atoms with Crippen LogP contribution in [0.2, 0.25) is 0 Å². The summed E-state index contributed by atoms with van der Waals surface area (Å²) in [4.78, 5) is 22.5. The summed E-state index contributed by atoms with van der Waals surface area (Å²) in [6, 6.07) is 12.2. The number of alkyl halides is 3. The average Bonchev–Trinajstić information content (AvgIpc) is 2.82. The maximum Gasteiger partial charge on any atom is 0.416 e. The Morgan fingerprint density at radius 1 is 1.03 bits per heavy atom. The number of nitrogens with one attached hydrogen (secondary N) is 1. The molecule has 4 nitrogen and oxygen atoms in total. The van der Waals surface area contributed by atoms with E-state index in [0.717, 1.165) is 24.6 Å². The number of Topliss-reactive ketones (excluding diaryl/α,β-unsaturated/α-hetero) is 1. The number of hydrogen-bond acceptors (Lipinski definition) is 3. The molecule has 0 bridgehead atoms. The van der Waals surface area contributed by atoms with Gasteiger partial charge in [0, 0.05) is 23.7 Å². The normalized spacial score (nSPS) is 11.9. The van der Waals surface area contributed by atoms with Gasteiger partial charge in [0.25, 0.3) is 0 Å². The van der Waals surface area contributed by atoms with Crippen molar-refractivity contribution < 1.29 is 31.9 Å². The van der Waals surface area contributed by atoms with Crippen LogP contribution in [0.1, 0.15) is 48.7 Å². The second-order valence-electron chi connectivity index (χ2n) is 7.74. The lowest BCUT2D eigenvalue weighted by atomic mass is 10.0. The van der Waals surface area contributed by atoms with Crippen molar-refractivity contribution in [3.63, 3.8) is 0 Å². The Hall–Kier alpha value is -3.42. The van der Waals surface area contributed by atoms with Gasteiger partial charge in [-0.3, -0.25) is 9.59 Å². The summed E-state index contributed by atoms with van der Waals surface area (Å²) in [5.74, 6) is -0.383. The number of halogens is 4. The van der Waals surface area contributed by atoms with Gasteiger partial charge in [0.15, 0.2) is 5.78 Å². The zero-order valence-electron chi connectivity index (χ0n) is 19.4. The Kier molecular flexibility index (Phi) is 9.18. The number of fused-ring (bicyclic) bond motifs is 1. The average molecular weight is 477 g/mol. The predicted octanol–water partition coefficient (Wildman–Crippen LogP) is 6.56. The van der Waals surface area contributed by atoms with Crippen LogP contribution < -0.4 is 10.1 Å². The fourth-order valence-corrected chi connectivity index (χ4v) is 3.10. The van der Waals surface area contributed by atoms with E-state index in [-0.39, 0.29) is 35.5 Å². The topological polar surface area (TPSA) is 55.4 Å². The second kappa shape index (κ2) is 11.6. The van der Waals surface area contributed by atoms with Crippen molar-refractivity contribution in [3.8, 4) is 5.75 Å². The summed E-state index contributed by atoms with van der Waals surface area (Å²) >= 11 is 0. The molecular weight excluding hydrogens is 450 g/mol. The number of rotatable bonds is 6. The van der Waals surface area contributed by atoms with Crippen LogP contribution in [0, 0.1) is 11.7 Å². The number of amides is 1. The molecule has 1 unspecified atom stereocenters. The van der Waals surface area contributed by atoms with Gasteiger partial charge in [0.1, 0.15) is 18.2 Å². The van der Waals surface area contributed by atoms with E-state index >= 15 is 0 Å². The number of ketones is 1. The molecule has 0 aromatic heterocycles. The summed E-state index contributed by atoms with van der Waals surface area (Å²) in [6.45, 7) is 5.17. The van der Waals surface area contributed by atoms with Crippen molar-refractivity contribution in [1.29, 1.82) is 0 Å². The van der Waals surface area contributed by atoms with Gasteiger partial charge < -0.3 is 10.1 Å². The quantitative estimate of drug-likeness (QED) is 0.323. The molecule has 0 heterocycles.